The molecule has 1 aromatic heterocycles. The number of pyridine rings is 1. The number of rotatable bonds is 7. The number of hydrogen-bond acceptors (Lipinski definition) is 4. The number of fused-ring (bicyclic) bond motifs is 1. The Labute approximate surface area is 188 Å². The van der Waals surface area contributed by atoms with E-state index in [4.69, 9.17) is 9.47 Å². The van der Waals surface area contributed by atoms with E-state index in [-0.39, 0.29) is 24.0 Å². The lowest BCUT2D eigenvalue weighted by Gasteiger charge is -2.14. The lowest BCUT2D eigenvalue weighted by molar-refractivity contribution is 0.354. The summed E-state index contributed by atoms with van der Waals surface area (Å²) in [5.41, 5.74) is 3.35. The van der Waals surface area contributed by atoms with Gasteiger partial charge in [-0.2, -0.15) is 0 Å². The number of nitrogens with zero attached hydrogens (tertiary/aromatic N) is 2. The number of aromatic nitrogens is 1. The summed E-state index contributed by atoms with van der Waals surface area (Å²) in [7, 11) is 5.06. The Morgan fingerprint density at radius 2 is 1.79 bits per heavy atom. The van der Waals surface area contributed by atoms with Crippen molar-refractivity contribution in [2.75, 3.05) is 27.8 Å². The molecule has 29 heavy (non-hydrogen) atoms. The van der Waals surface area contributed by atoms with Crippen LogP contribution in [0.4, 0.5) is 0 Å². The molecule has 0 bridgehead atoms. The van der Waals surface area contributed by atoms with Crippen molar-refractivity contribution in [1.29, 1.82) is 0 Å². The number of para-hydroxylation sites is 1. The van der Waals surface area contributed by atoms with Gasteiger partial charge in [0, 0.05) is 31.7 Å². The standard InChI is InChI=1S/C22H26N4O2.HI/c1-23-22(25-12-10-16-8-9-20(27-2)21(14-16)28-3)26-15-17-11-13-24-19-7-5-4-6-18(17)19;/h4-9,11,13-14H,10,12,15H2,1-3H3,(H2,23,25,26);1H. The first kappa shape index (κ1) is 22.7. The Morgan fingerprint density at radius 3 is 2.55 bits per heavy atom. The third-order valence-electron chi connectivity index (χ3n) is 4.56. The largest absolute Gasteiger partial charge is 0.493 e. The molecular formula is C22H27IN4O2. The molecule has 0 atom stereocenters. The van der Waals surface area contributed by atoms with Crippen molar-refractivity contribution in [2.24, 2.45) is 4.99 Å². The minimum Gasteiger partial charge on any atom is -0.493 e. The Bertz CT molecular complexity index is 957. The predicted molar refractivity (Wildman–Crippen MR) is 129 cm³/mol. The molecule has 0 fully saturated rings. The Morgan fingerprint density at radius 1 is 1.00 bits per heavy atom. The van der Waals surface area contributed by atoms with Gasteiger partial charge in [0.2, 0.25) is 0 Å². The van der Waals surface area contributed by atoms with Crippen molar-refractivity contribution in [3.8, 4) is 11.5 Å². The fraction of sp³-hybridized carbons (Fsp3) is 0.273. The quantitative estimate of drug-likeness (QED) is 0.290. The highest BCUT2D eigenvalue weighted by molar-refractivity contribution is 14.0. The highest BCUT2D eigenvalue weighted by Gasteiger charge is 2.06. The first-order valence-corrected chi connectivity index (χ1v) is 9.23. The van der Waals surface area contributed by atoms with Crippen LogP contribution in [0.2, 0.25) is 0 Å². The van der Waals surface area contributed by atoms with Crippen molar-refractivity contribution >= 4 is 40.8 Å². The highest BCUT2D eigenvalue weighted by atomic mass is 127. The van der Waals surface area contributed by atoms with Crippen molar-refractivity contribution < 1.29 is 9.47 Å². The number of nitrogens with one attached hydrogen (secondary N) is 2. The van der Waals surface area contributed by atoms with E-state index in [0.29, 0.717) is 6.54 Å². The zero-order valence-electron chi connectivity index (χ0n) is 16.9. The van der Waals surface area contributed by atoms with E-state index in [0.717, 1.165) is 41.3 Å². The molecule has 0 unspecified atom stereocenters. The third-order valence-corrected chi connectivity index (χ3v) is 4.56. The molecule has 0 spiro atoms. The third kappa shape index (κ3) is 5.96. The van der Waals surface area contributed by atoms with E-state index in [1.54, 1.807) is 21.3 Å². The van der Waals surface area contributed by atoms with Gasteiger partial charge in [-0.1, -0.05) is 24.3 Å². The summed E-state index contributed by atoms with van der Waals surface area (Å²) in [4.78, 5) is 8.72. The zero-order chi connectivity index (χ0) is 19.8. The van der Waals surface area contributed by atoms with Crippen LogP contribution in [0.15, 0.2) is 59.7 Å². The van der Waals surface area contributed by atoms with Gasteiger partial charge in [0.15, 0.2) is 17.5 Å². The molecule has 6 nitrogen and oxygen atoms in total. The molecule has 0 saturated heterocycles. The fourth-order valence-corrected chi connectivity index (χ4v) is 3.07. The predicted octanol–water partition coefficient (Wildman–Crippen LogP) is 3.78. The van der Waals surface area contributed by atoms with Gasteiger partial charge in [0.25, 0.3) is 0 Å². The molecule has 0 saturated carbocycles. The molecule has 7 heteroatoms. The van der Waals surface area contributed by atoms with Crippen LogP contribution in [0, 0.1) is 0 Å². The first-order chi connectivity index (χ1) is 13.7. The van der Waals surface area contributed by atoms with Crippen LogP contribution in [0.1, 0.15) is 11.1 Å². The van der Waals surface area contributed by atoms with E-state index in [1.165, 1.54) is 11.1 Å². The topological polar surface area (TPSA) is 67.8 Å². The van der Waals surface area contributed by atoms with Crippen molar-refractivity contribution in [1.82, 2.24) is 15.6 Å². The van der Waals surface area contributed by atoms with Gasteiger partial charge in [-0.05, 0) is 41.8 Å². The molecule has 0 aliphatic heterocycles. The van der Waals surface area contributed by atoms with E-state index in [9.17, 15) is 0 Å². The monoisotopic (exact) mass is 506 g/mol. The van der Waals surface area contributed by atoms with E-state index >= 15 is 0 Å². The number of hydrogen-bond donors (Lipinski definition) is 2. The smallest absolute Gasteiger partial charge is 0.191 e. The van der Waals surface area contributed by atoms with Gasteiger partial charge in [-0.25, -0.2) is 0 Å². The van der Waals surface area contributed by atoms with Crippen LogP contribution in [0.5, 0.6) is 11.5 Å². The minimum atomic E-state index is 0. The second-order valence-corrected chi connectivity index (χ2v) is 6.28. The maximum absolute atomic E-state index is 5.36. The second-order valence-electron chi connectivity index (χ2n) is 6.28. The van der Waals surface area contributed by atoms with Gasteiger partial charge >= 0.3 is 0 Å². The second kappa shape index (κ2) is 11.5. The summed E-state index contributed by atoms with van der Waals surface area (Å²) in [5, 5.41) is 7.88. The lowest BCUT2D eigenvalue weighted by atomic mass is 10.1. The van der Waals surface area contributed by atoms with Crippen LogP contribution in [-0.4, -0.2) is 38.8 Å². The average molecular weight is 506 g/mol. The number of methoxy groups -OCH3 is 2. The molecular weight excluding hydrogens is 479 g/mol. The number of guanidine groups is 1. The first-order valence-electron chi connectivity index (χ1n) is 9.23. The Balaban J connectivity index is 0.00000300. The Hall–Kier alpha value is -2.55. The highest BCUT2D eigenvalue weighted by Crippen LogP contribution is 2.27. The van der Waals surface area contributed by atoms with Crippen LogP contribution in [-0.2, 0) is 13.0 Å². The molecule has 2 aromatic carbocycles. The molecule has 0 aliphatic rings. The molecule has 2 N–H and O–H groups in total. The minimum absolute atomic E-state index is 0. The Kier molecular flexibility index (Phi) is 8.98. The summed E-state index contributed by atoms with van der Waals surface area (Å²) in [6.07, 6.45) is 2.69. The van der Waals surface area contributed by atoms with Crippen LogP contribution >= 0.6 is 24.0 Å². The molecule has 3 aromatic rings. The molecule has 0 radical (unpaired) electrons. The molecule has 0 amide bonds. The number of benzene rings is 2. The maximum atomic E-state index is 5.36. The molecule has 3 rings (SSSR count). The normalized spacial score (nSPS) is 10.9. The van der Waals surface area contributed by atoms with Crippen LogP contribution in [0.3, 0.4) is 0 Å². The van der Waals surface area contributed by atoms with Crippen LogP contribution < -0.4 is 20.1 Å². The summed E-state index contributed by atoms with van der Waals surface area (Å²) >= 11 is 0. The van der Waals surface area contributed by atoms with E-state index < -0.39 is 0 Å². The summed E-state index contributed by atoms with van der Waals surface area (Å²) < 4.78 is 10.6. The van der Waals surface area contributed by atoms with Crippen LogP contribution in [0.25, 0.3) is 10.9 Å². The van der Waals surface area contributed by atoms with Gasteiger partial charge < -0.3 is 20.1 Å². The van der Waals surface area contributed by atoms with Crippen molar-refractivity contribution in [3.05, 3.63) is 65.9 Å². The zero-order valence-corrected chi connectivity index (χ0v) is 19.3. The van der Waals surface area contributed by atoms with E-state index in [1.807, 2.05) is 48.7 Å². The van der Waals surface area contributed by atoms with E-state index in [2.05, 4.69) is 26.7 Å². The fourth-order valence-electron chi connectivity index (χ4n) is 3.07. The number of aliphatic imine (C=N–C) groups is 1. The SMILES string of the molecule is CN=C(NCCc1ccc(OC)c(OC)c1)NCc1ccnc2ccccc12.I. The summed E-state index contributed by atoms with van der Waals surface area (Å²) in [5.74, 6) is 2.25. The lowest BCUT2D eigenvalue weighted by Crippen LogP contribution is -2.37. The van der Waals surface area contributed by atoms with Gasteiger partial charge in [0.1, 0.15) is 0 Å². The molecule has 0 aliphatic carbocycles. The average Bonchev–Trinajstić information content (AvgIpc) is 2.75. The summed E-state index contributed by atoms with van der Waals surface area (Å²) in [6.45, 7) is 1.44. The van der Waals surface area contributed by atoms with Gasteiger partial charge in [0.05, 0.1) is 19.7 Å². The van der Waals surface area contributed by atoms with Gasteiger partial charge in [-0.3, -0.25) is 9.98 Å². The maximum Gasteiger partial charge on any atom is 0.191 e. The van der Waals surface area contributed by atoms with Crippen molar-refractivity contribution in [3.63, 3.8) is 0 Å². The van der Waals surface area contributed by atoms with Gasteiger partial charge in [-0.15, -0.1) is 24.0 Å². The summed E-state index contributed by atoms with van der Waals surface area (Å²) in [6, 6.07) is 16.1. The number of ether oxygens (including phenoxy) is 2. The van der Waals surface area contributed by atoms with Crippen molar-refractivity contribution in [2.45, 2.75) is 13.0 Å². The molecule has 154 valence electrons. The molecule has 1 heterocycles. The number of halogens is 1.